The topological polar surface area (TPSA) is 169 Å². The van der Waals surface area contributed by atoms with Crippen LogP contribution in [0.1, 0.15) is 26.3 Å². The zero-order valence-electron chi connectivity index (χ0n) is 20.1. The van der Waals surface area contributed by atoms with Gasteiger partial charge in [0.05, 0.1) is 13.7 Å². The number of ether oxygens (including phenoxy) is 2. The third-order valence-corrected chi connectivity index (χ3v) is 5.78. The number of amides is 1. The highest BCUT2D eigenvalue weighted by molar-refractivity contribution is 9.10. The summed E-state index contributed by atoms with van der Waals surface area (Å²) in [6.07, 6.45) is 0. The molecular formula is C25H23BrN4O8. The lowest BCUT2D eigenvalue weighted by atomic mass is 10.2. The van der Waals surface area contributed by atoms with Gasteiger partial charge in [-0.25, -0.2) is 9.36 Å². The normalized spacial score (nSPS) is 10.5. The number of carbonyl (C=O) groups is 4. The molecular weight excluding hydrogens is 564 g/mol. The van der Waals surface area contributed by atoms with E-state index in [0.29, 0.717) is 20.2 Å². The Hall–Kier alpha value is -4.52. The average molecular weight is 587 g/mol. The van der Waals surface area contributed by atoms with Crippen molar-refractivity contribution in [2.75, 3.05) is 26.0 Å². The molecule has 0 radical (unpaired) electrons. The van der Waals surface area contributed by atoms with Crippen molar-refractivity contribution in [1.82, 2.24) is 14.5 Å². The Bertz CT molecular complexity index is 1500. The number of halogens is 1. The largest absolute Gasteiger partial charge is 0.468 e. The van der Waals surface area contributed by atoms with Crippen molar-refractivity contribution >= 4 is 45.4 Å². The number of hydrogen-bond acceptors (Lipinski definition) is 9. The number of Topliss-reactive ketones (excluding diaryl/α,β-unsaturated/α-hetero) is 1. The number of carbonyl (C=O) groups excluding carboxylic acids is 4. The minimum absolute atomic E-state index is 0.103. The van der Waals surface area contributed by atoms with Crippen molar-refractivity contribution in [3.63, 3.8) is 0 Å². The predicted molar refractivity (Wildman–Crippen MR) is 139 cm³/mol. The van der Waals surface area contributed by atoms with Crippen molar-refractivity contribution < 1.29 is 28.7 Å². The van der Waals surface area contributed by atoms with Crippen LogP contribution in [-0.2, 0) is 32.2 Å². The van der Waals surface area contributed by atoms with E-state index in [0.717, 1.165) is 11.7 Å². The van der Waals surface area contributed by atoms with Gasteiger partial charge in [0.15, 0.2) is 6.61 Å². The van der Waals surface area contributed by atoms with Crippen molar-refractivity contribution in [3.8, 4) is 0 Å². The van der Waals surface area contributed by atoms with Crippen LogP contribution in [0.4, 0.5) is 5.82 Å². The molecule has 0 atom stereocenters. The second kappa shape index (κ2) is 12.6. The number of nitrogen functional groups attached to an aromatic ring is 1. The van der Waals surface area contributed by atoms with Crippen LogP contribution in [0.2, 0.25) is 0 Å². The molecule has 1 amide bonds. The lowest BCUT2D eigenvalue weighted by Gasteiger charge is -2.16. The highest BCUT2D eigenvalue weighted by atomic mass is 79.9. The van der Waals surface area contributed by atoms with Gasteiger partial charge in [-0.05, 0) is 23.8 Å². The maximum absolute atomic E-state index is 13.0. The minimum atomic E-state index is -1.13. The van der Waals surface area contributed by atoms with Crippen molar-refractivity contribution in [3.05, 3.63) is 96.6 Å². The Kier molecular flexibility index (Phi) is 9.33. The number of rotatable bonds is 10. The van der Waals surface area contributed by atoms with Gasteiger partial charge in [0.1, 0.15) is 24.5 Å². The summed E-state index contributed by atoms with van der Waals surface area (Å²) in [6.45, 7) is -2.30. The number of nitrogens with two attached hydrogens (primary N) is 1. The molecule has 3 rings (SSSR count). The molecule has 0 saturated heterocycles. The summed E-state index contributed by atoms with van der Waals surface area (Å²) in [6, 6.07) is 15.1. The number of aromatic nitrogens is 2. The van der Waals surface area contributed by atoms with Crippen molar-refractivity contribution in [2.24, 2.45) is 0 Å². The molecule has 0 fully saturated rings. The molecule has 2 aromatic carbocycles. The zero-order chi connectivity index (χ0) is 27.8. The number of ketones is 1. The van der Waals surface area contributed by atoms with Gasteiger partial charge < -0.3 is 20.5 Å². The fraction of sp³-hybridized carbons (Fsp3) is 0.200. The first-order valence-electron chi connectivity index (χ1n) is 11.1. The van der Waals surface area contributed by atoms with Crippen LogP contribution in [0.25, 0.3) is 0 Å². The summed E-state index contributed by atoms with van der Waals surface area (Å²) in [7, 11) is 1.08. The summed E-state index contributed by atoms with van der Waals surface area (Å²) >= 11 is 3.24. The maximum atomic E-state index is 13.0. The molecule has 3 aromatic rings. The van der Waals surface area contributed by atoms with E-state index in [1.54, 1.807) is 54.6 Å². The van der Waals surface area contributed by atoms with E-state index in [9.17, 15) is 28.8 Å². The highest BCUT2D eigenvalue weighted by Crippen LogP contribution is 2.12. The number of anilines is 1. The highest BCUT2D eigenvalue weighted by Gasteiger charge is 2.25. The van der Waals surface area contributed by atoms with E-state index >= 15 is 0 Å². The summed E-state index contributed by atoms with van der Waals surface area (Å²) in [5.74, 6) is -3.84. The summed E-state index contributed by atoms with van der Waals surface area (Å²) < 4.78 is 11.6. The zero-order valence-corrected chi connectivity index (χ0v) is 21.7. The van der Waals surface area contributed by atoms with Crippen LogP contribution in [0.5, 0.6) is 0 Å². The van der Waals surface area contributed by atoms with E-state index in [-0.39, 0.29) is 6.54 Å². The quantitative estimate of drug-likeness (QED) is 0.257. The van der Waals surface area contributed by atoms with E-state index < -0.39 is 66.0 Å². The van der Waals surface area contributed by atoms with Crippen LogP contribution in [0, 0.1) is 0 Å². The number of nitrogens with zero attached hydrogens (tertiary/aromatic N) is 2. The molecule has 12 nitrogen and oxygen atoms in total. The van der Waals surface area contributed by atoms with Crippen molar-refractivity contribution in [2.45, 2.75) is 13.1 Å². The third-order valence-electron chi connectivity index (χ3n) is 5.29. The second-order valence-corrected chi connectivity index (χ2v) is 8.77. The van der Waals surface area contributed by atoms with Gasteiger partial charge >= 0.3 is 17.6 Å². The van der Waals surface area contributed by atoms with Gasteiger partial charge in [0.25, 0.3) is 11.5 Å². The number of methoxy groups -OCH3 is 1. The molecule has 0 aliphatic rings. The first-order chi connectivity index (χ1) is 18.1. The summed E-state index contributed by atoms with van der Waals surface area (Å²) in [5, 5.41) is 2.36. The molecule has 0 aliphatic heterocycles. The van der Waals surface area contributed by atoms with Gasteiger partial charge in [0, 0.05) is 10.0 Å². The van der Waals surface area contributed by atoms with Gasteiger partial charge in [-0.15, -0.1) is 0 Å². The molecule has 1 heterocycles. The molecule has 0 aliphatic carbocycles. The molecule has 0 bridgehead atoms. The van der Waals surface area contributed by atoms with Gasteiger partial charge in [-0.1, -0.05) is 52.3 Å². The van der Waals surface area contributed by atoms with E-state index in [4.69, 9.17) is 10.5 Å². The number of nitrogens with one attached hydrogen (secondary N) is 1. The van der Waals surface area contributed by atoms with Crippen LogP contribution in [0.15, 0.2) is 68.7 Å². The molecule has 38 heavy (non-hydrogen) atoms. The van der Waals surface area contributed by atoms with E-state index in [2.05, 4.69) is 26.0 Å². The molecule has 198 valence electrons. The fourth-order valence-corrected chi connectivity index (χ4v) is 3.78. The Morgan fingerprint density at radius 1 is 0.974 bits per heavy atom. The Morgan fingerprint density at radius 2 is 1.68 bits per heavy atom. The first kappa shape index (κ1) is 28.1. The molecule has 0 saturated carbocycles. The lowest BCUT2D eigenvalue weighted by molar-refractivity contribution is -0.142. The van der Waals surface area contributed by atoms with E-state index in [1.165, 1.54) is 0 Å². The van der Waals surface area contributed by atoms with E-state index in [1.807, 2.05) is 0 Å². The Labute approximate surface area is 224 Å². The molecule has 13 heteroatoms. The maximum Gasteiger partial charge on any atom is 0.333 e. The lowest BCUT2D eigenvalue weighted by Crippen LogP contribution is -2.46. The molecule has 0 unspecified atom stereocenters. The monoisotopic (exact) mass is 586 g/mol. The standard InChI is InChI=1S/C25H23BrN4O8/c1-37-20(33)13-30-24(35)21(22(27)29(25(30)36)12-15-6-3-2-4-7-15)18(31)14-38-19(32)11-28-23(34)16-8-5-9-17(26)10-16/h2-10H,11-14,27H2,1H3,(H,28,34). The Morgan fingerprint density at radius 3 is 2.34 bits per heavy atom. The van der Waals surface area contributed by atoms with Crippen LogP contribution in [-0.4, -0.2) is 53.0 Å². The number of benzene rings is 2. The SMILES string of the molecule is COC(=O)Cn1c(=O)c(C(=O)COC(=O)CNC(=O)c2cccc(Br)c2)c(N)n(Cc2ccccc2)c1=O. The van der Waals surface area contributed by atoms with Crippen LogP contribution >= 0.6 is 15.9 Å². The molecule has 3 N–H and O–H groups in total. The molecule has 1 aromatic heterocycles. The van der Waals surface area contributed by atoms with Crippen molar-refractivity contribution in [1.29, 1.82) is 0 Å². The third kappa shape index (κ3) is 6.82. The van der Waals surface area contributed by atoms with Crippen LogP contribution in [0.3, 0.4) is 0 Å². The van der Waals surface area contributed by atoms with Gasteiger partial charge in [-0.3, -0.25) is 28.5 Å². The first-order valence-corrected chi connectivity index (χ1v) is 11.9. The summed E-state index contributed by atoms with van der Waals surface area (Å²) in [5.41, 5.74) is 4.30. The smallest absolute Gasteiger partial charge is 0.333 e. The molecule has 0 spiro atoms. The number of hydrogen-bond donors (Lipinski definition) is 2. The summed E-state index contributed by atoms with van der Waals surface area (Å²) in [4.78, 5) is 75.1. The predicted octanol–water partition coefficient (Wildman–Crippen LogP) is 0.732. The number of esters is 2. The second-order valence-electron chi connectivity index (χ2n) is 7.86. The minimum Gasteiger partial charge on any atom is -0.468 e. The average Bonchev–Trinajstić information content (AvgIpc) is 2.91. The van der Waals surface area contributed by atoms with Gasteiger partial charge in [-0.2, -0.15) is 0 Å². The fourth-order valence-electron chi connectivity index (χ4n) is 3.38. The Balaban J connectivity index is 1.80. The van der Waals surface area contributed by atoms with Crippen LogP contribution < -0.4 is 22.3 Å². The van der Waals surface area contributed by atoms with Gasteiger partial charge in [0.2, 0.25) is 5.78 Å².